The smallest absolute Gasteiger partial charge is 0.0922 e. The van der Waals surface area contributed by atoms with Gasteiger partial charge < -0.3 is 10.3 Å². The van der Waals surface area contributed by atoms with Crippen molar-refractivity contribution in [1.29, 1.82) is 0 Å². The molecule has 3 nitrogen and oxygen atoms in total. The Kier molecular flexibility index (Phi) is 6.90. The lowest BCUT2D eigenvalue weighted by molar-refractivity contribution is 0.477. The molecule has 1 unspecified atom stereocenters. The molecular formula is C13H25N3. The Hall–Kier alpha value is -0.830. The molecule has 92 valence electrons. The van der Waals surface area contributed by atoms with Gasteiger partial charge in [0.1, 0.15) is 0 Å². The van der Waals surface area contributed by atoms with Crippen molar-refractivity contribution in [2.45, 2.75) is 65.0 Å². The third-order valence-corrected chi connectivity index (χ3v) is 2.94. The molecule has 0 spiro atoms. The van der Waals surface area contributed by atoms with E-state index in [1.807, 2.05) is 6.20 Å². The quantitative estimate of drug-likeness (QED) is 0.631. The van der Waals surface area contributed by atoms with Crippen molar-refractivity contribution in [3.63, 3.8) is 0 Å². The van der Waals surface area contributed by atoms with Gasteiger partial charge in [-0.15, -0.1) is 0 Å². The van der Waals surface area contributed by atoms with Gasteiger partial charge in [-0.05, 0) is 13.3 Å². The molecule has 0 bridgehead atoms. The van der Waals surface area contributed by atoms with Crippen LogP contribution in [0.1, 0.15) is 58.1 Å². The Morgan fingerprint density at radius 3 is 2.81 bits per heavy atom. The van der Waals surface area contributed by atoms with Crippen molar-refractivity contribution in [2.24, 2.45) is 0 Å². The number of rotatable bonds is 9. The van der Waals surface area contributed by atoms with Gasteiger partial charge in [-0.1, -0.05) is 39.0 Å². The van der Waals surface area contributed by atoms with E-state index in [9.17, 15) is 0 Å². The first kappa shape index (κ1) is 13.2. The standard InChI is InChI=1S/C13H25N3/c1-3-4-5-6-7-8-12(2)15-10-13-9-14-11-16-13/h9,11-12,15H,3-8,10H2,1-2H3,(H,14,16). The summed E-state index contributed by atoms with van der Waals surface area (Å²) < 4.78 is 0. The third-order valence-electron chi connectivity index (χ3n) is 2.94. The molecule has 0 aliphatic carbocycles. The Bertz CT molecular complexity index is 244. The van der Waals surface area contributed by atoms with Crippen LogP contribution in [0, 0.1) is 0 Å². The summed E-state index contributed by atoms with van der Waals surface area (Å²) in [6.45, 7) is 5.42. The van der Waals surface area contributed by atoms with Crippen molar-refractivity contribution in [3.8, 4) is 0 Å². The molecule has 0 saturated carbocycles. The van der Waals surface area contributed by atoms with E-state index in [2.05, 4.69) is 29.1 Å². The molecule has 0 aliphatic heterocycles. The molecule has 1 aromatic heterocycles. The first-order chi connectivity index (χ1) is 7.83. The summed E-state index contributed by atoms with van der Waals surface area (Å²) in [6.07, 6.45) is 11.7. The number of nitrogens with one attached hydrogen (secondary N) is 2. The SMILES string of the molecule is CCCCCCCC(C)NCc1cnc[nH]1. The molecule has 0 radical (unpaired) electrons. The Morgan fingerprint density at radius 2 is 2.12 bits per heavy atom. The first-order valence-electron chi connectivity index (χ1n) is 6.53. The lowest BCUT2D eigenvalue weighted by atomic mass is 10.1. The van der Waals surface area contributed by atoms with E-state index in [0.29, 0.717) is 6.04 Å². The molecule has 16 heavy (non-hydrogen) atoms. The Labute approximate surface area is 99.1 Å². The highest BCUT2D eigenvalue weighted by molar-refractivity contribution is 4.93. The van der Waals surface area contributed by atoms with E-state index < -0.39 is 0 Å². The fraction of sp³-hybridized carbons (Fsp3) is 0.769. The van der Waals surface area contributed by atoms with Crippen LogP contribution in [0.5, 0.6) is 0 Å². The van der Waals surface area contributed by atoms with Gasteiger partial charge in [-0.3, -0.25) is 0 Å². The fourth-order valence-corrected chi connectivity index (χ4v) is 1.82. The van der Waals surface area contributed by atoms with Crippen LogP contribution in [0.4, 0.5) is 0 Å². The number of nitrogens with zero attached hydrogens (tertiary/aromatic N) is 1. The zero-order chi connectivity index (χ0) is 11.6. The van der Waals surface area contributed by atoms with Crippen LogP contribution in [0.2, 0.25) is 0 Å². The average Bonchev–Trinajstić information content (AvgIpc) is 2.79. The van der Waals surface area contributed by atoms with E-state index in [4.69, 9.17) is 0 Å². The highest BCUT2D eigenvalue weighted by Crippen LogP contribution is 2.07. The number of unbranched alkanes of at least 4 members (excludes halogenated alkanes) is 4. The van der Waals surface area contributed by atoms with Crippen LogP contribution in [0.3, 0.4) is 0 Å². The van der Waals surface area contributed by atoms with Crippen molar-refractivity contribution < 1.29 is 0 Å². The molecule has 1 aromatic rings. The van der Waals surface area contributed by atoms with E-state index in [0.717, 1.165) is 12.2 Å². The maximum atomic E-state index is 4.00. The molecule has 0 fully saturated rings. The van der Waals surface area contributed by atoms with Gasteiger partial charge in [0.2, 0.25) is 0 Å². The molecule has 1 rings (SSSR count). The number of aromatic nitrogens is 2. The van der Waals surface area contributed by atoms with Crippen LogP contribution >= 0.6 is 0 Å². The van der Waals surface area contributed by atoms with Crippen LogP contribution in [-0.2, 0) is 6.54 Å². The molecule has 3 heteroatoms. The first-order valence-corrected chi connectivity index (χ1v) is 6.53. The largest absolute Gasteiger partial charge is 0.347 e. The fourth-order valence-electron chi connectivity index (χ4n) is 1.82. The van der Waals surface area contributed by atoms with Gasteiger partial charge in [-0.25, -0.2) is 4.98 Å². The van der Waals surface area contributed by atoms with Gasteiger partial charge in [0.15, 0.2) is 0 Å². The van der Waals surface area contributed by atoms with E-state index in [1.165, 1.54) is 38.5 Å². The topological polar surface area (TPSA) is 40.7 Å². The summed E-state index contributed by atoms with van der Waals surface area (Å²) >= 11 is 0. The predicted octanol–water partition coefficient (Wildman–Crippen LogP) is 3.25. The van der Waals surface area contributed by atoms with Crippen LogP contribution in [-0.4, -0.2) is 16.0 Å². The van der Waals surface area contributed by atoms with Crippen molar-refractivity contribution >= 4 is 0 Å². The maximum absolute atomic E-state index is 4.00. The van der Waals surface area contributed by atoms with Gasteiger partial charge in [0.25, 0.3) is 0 Å². The number of aromatic amines is 1. The number of hydrogen-bond donors (Lipinski definition) is 2. The zero-order valence-corrected chi connectivity index (χ0v) is 10.6. The van der Waals surface area contributed by atoms with Gasteiger partial charge in [-0.2, -0.15) is 0 Å². The maximum Gasteiger partial charge on any atom is 0.0922 e. The molecular weight excluding hydrogens is 198 g/mol. The summed E-state index contributed by atoms with van der Waals surface area (Å²) in [4.78, 5) is 7.10. The van der Waals surface area contributed by atoms with Crippen LogP contribution in [0.15, 0.2) is 12.5 Å². The summed E-state index contributed by atoms with van der Waals surface area (Å²) in [7, 11) is 0. The molecule has 2 N–H and O–H groups in total. The third kappa shape index (κ3) is 5.91. The molecule has 0 aromatic carbocycles. The molecule has 0 saturated heterocycles. The van der Waals surface area contributed by atoms with Gasteiger partial charge in [0, 0.05) is 24.5 Å². The monoisotopic (exact) mass is 223 g/mol. The second-order valence-electron chi connectivity index (χ2n) is 4.56. The molecule has 0 aliphatic rings. The van der Waals surface area contributed by atoms with Gasteiger partial charge in [0.05, 0.1) is 6.33 Å². The lowest BCUT2D eigenvalue weighted by Gasteiger charge is -2.12. The predicted molar refractivity (Wildman–Crippen MR) is 68.3 cm³/mol. The highest BCUT2D eigenvalue weighted by Gasteiger charge is 2.01. The van der Waals surface area contributed by atoms with Gasteiger partial charge >= 0.3 is 0 Å². The number of hydrogen-bond acceptors (Lipinski definition) is 2. The normalized spacial score (nSPS) is 12.9. The second kappa shape index (κ2) is 8.34. The zero-order valence-electron chi connectivity index (χ0n) is 10.6. The minimum Gasteiger partial charge on any atom is -0.347 e. The molecule has 0 amide bonds. The summed E-state index contributed by atoms with van der Waals surface area (Å²) in [5, 5.41) is 3.50. The molecule has 1 atom stereocenters. The highest BCUT2D eigenvalue weighted by atomic mass is 14.9. The minimum atomic E-state index is 0.602. The van der Waals surface area contributed by atoms with E-state index >= 15 is 0 Å². The minimum absolute atomic E-state index is 0.602. The van der Waals surface area contributed by atoms with Crippen LogP contribution in [0.25, 0.3) is 0 Å². The summed E-state index contributed by atoms with van der Waals surface area (Å²) in [5.41, 5.74) is 1.16. The number of imidazole rings is 1. The van der Waals surface area contributed by atoms with Crippen LogP contribution < -0.4 is 5.32 Å². The Morgan fingerprint density at radius 1 is 1.31 bits per heavy atom. The van der Waals surface area contributed by atoms with E-state index in [-0.39, 0.29) is 0 Å². The van der Waals surface area contributed by atoms with Crippen molar-refractivity contribution in [1.82, 2.24) is 15.3 Å². The molecule has 1 heterocycles. The lowest BCUT2D eigenvalue weighted by Crippen LogP contribution is -2.25. The Balaban J connectivity index is 1.96. The second-order valence-corrected chi connectivity index (χ2v) is 4.56. The van der Waals surface area contributed by atoms with E-state index in [1.54, 1.807) is 6.33 Å². The van der Waals surface area contributed by atoms with Crippen molar-refractivity contribution in [2.75, 3.05) is 0 Å². The summed E-state index contributed by atoms with van der Waals surface area (Å²) in [5.74, 6) is 0. The average molecular weight is 223 g/mol. The van der Waals surface area contributed by atoms with Crippen molar-refractivity contribution in [3.05, 3.63) is 18.2 Å². The number of H-pyrrole nitrogens is 1. The summed E-state index contributed by atoms with van der Waals surface area (Å²) in [6, 6.07) is 0.602.